The predicted octanol–water partition coefficient (Wildman–Crippen LogP) is 3.37. The highest BCUT2D eigenvalue weighted by molar-refractivity contribution is 5.32. The minimum atomic E-state index is 0.492. The van der Waals surface area contributed by atoms with Gasteiger partial charge in [0, 0.05) is 0 Å². The molecule has 0 saturated heterocycles. The summed E-state index contributed by atoms with van der Waals surface area (Å²) in [4.78, 5) is 0. The van der Waals surface area contributed by atoms with Gasteiger partial charge in [0.15, 0.2) is 5.75 Å². The fourth-order valence-electron chi connectivity index (χ4n) is 3.90. The molecule has 0 bridgehead atoms. The van der Waals surface area contributed by atoms with Crippen LogP contribution in [-0.2, 0) is 6.54 Å². The molecule has 1 aromatic rings. The molecule has 0 aromatic carbocycles. The Labute approximate surface area is 120 Å². The Morgan fingerprint density at radius 1 is 1.50 bits per heavy atom. The topological polar surface area (TPSA) is 50.8 Å². The zero-order valence-corrected chi connectivity index (χ0v) is 12.5. The van der Waals surface area contributed by atoms with E-state index in [4.69, 9.17) is 10.00 Å². The van der Waals surface area contributed by atoms with E-state index in [1.54, 1.807) is 0 Å². The summed E-state index contributed by atoms with van der Waals surface area (Å²) in [6.45, 7) is 5.47. The van der Waals surface area contributed by atoms with Crippen LogP contribution in [0.2, 0.25) is 0 Å². The van der Waals surface area contributed by atoms with E-state index in [-0.39, 0.29) is 0 Å². The number of fused-ring (bicyclic) bond motifs is 1. The fraction of sp³-hybridized carbons (Fsp3) is 0.750. The van der Waals surface area contributed by atoms with Gasteiger partial charge in [0.2, 0.25) is 0 Å². The van der Waals surface area contributed by atoms with Gasteiger partial charge in [-0.2, -0.15) is 10.4 Å². The van der Waals surface area contributed by atoms with Gasteiger partial charge in [-0.15, -0.1) is 0 Å². The van der Waals surface area contributed by atoms with Gasteiger partial charge in [0.05, 0.1) is 31.3 Å². The van der Waals surface area contributed by atoms with Gasteiger partial charge < -0.3 is 4.74 Å². The minimum Gasteiger partial charge on any atom is -0.490 e. The van der Waals surface area contributed by atoms with Gasteiger partial charge in [-0.25, -0.2) is 0 Å². The van der Waals surface area contributed by atoms with Crippen LogP contribution in [0.3, 0.4) is 0 Å². The van der Waals surface area contributed by atoms with Crippen molar-refractivity contribution in [1.82, 2.24) is 9.78 Å². The summed E-state index contributed by atoms with van der Waals surface area (Å²) in [5, 5.41) is 13.1. The van der Waals surface area contributed by atoms with Gasteiger partial charge in [-0.3, -0.25) is 4.68 Å². The van der Waals surface area contributed by atoms with Crippen molar-refractivity contribution in [3.8, 4) is 11.8 Å². The second-order valence-corrected chi connectivity index (χ2v) is 6.39. The molecule has 108 valence electrons. The van der Waals surface area contributed by atoms with Crippen molar-refractivity contribution in [2.45, 2.75) is 58.9 Å². The highest BCUT2D eigenvalue weighted by atomic mass is 16.5. The number of rotatable bonds is 6. The molecule has 2 fully saturated rings. The molecule has 4 heteroatoms. The largest absolute Gasteiger partial charge is 0.490 e. The number of nitrogens with zero attached hydrogens (tertiary/aromatic N) is 3. The molecule has 20 heavy (non-hydrogen) atoms. The van der Waals surface area contributed by atoms with Gasteiger partial charge in [0.1, 0.15) is 5.69 Å². The highest BCUT2D eigenvalue weighted by Crippen LogP contribution is 2.65. The maximum Gasteiger partial charge on any atom is 0.162 e. The third kappa shape index (κ3) is 2.30. The molecule has 0 unspecified atom stereocenters. The lowest BCUT2D eigenvalue weighted by atomic mass is 10.0. The summed E-state index contributed by atoms with van der Waals surface area (Å²) in [7, 11) is 0. The number of aromatic nitrogens is 2. The van der Waals surface area contributed by atoms with Crippen molar-refractivity contribution in [2.24, 2.45) is 11.3 Å². The zero-order chi connectivity index (χ0) is 14.2. The Morgan fingerprint density at radius 2 is 2.35 bits per heavy atom. The van der Waals surface area contributed by atoms with Crippen LogP contribution in [0.15, 0.2) is 0 Å². The lowest BCUT2D eigenvalue weighted by Crippen LogP contribution is -2.08. The Balaban J connectivity index is 1.57. The van der Waals surface area contributed by atoms with E-state index in [1.165, 1.54) is 32.1 Å². The molecular weight excluding hydrogens is 250 g/mol. The van der Waals surface area contributed by atoms with Crippen molar-refractivity contribution < 1.29 is 4.74 Å². The average molecular weight is 273 g/mol. The van der Waals surface area contributed by atoms with Crippen LogP contribution >= 0.6 is 0 Å². The molecule has 2 aliphatic carbocycles. The summed E-state index contributed by atoms with van der Waals surface area (Å²) >= 11 is 0. The van der Waals surface area contributed by atoms with Gasteiger partial charge in [0.25, 0.3) is 0 Å². The molecule has 2 atom stereocenters. The monoisotopic (exact) mass is 273 g/mol. The second kappa shape index (κ2) is 5.12. The fourth-order valence-corrected chi connectivity index (χ4v) is 3.90. The molecule has 1 heterocycles. The Hall–Kier alpha value is -1.50. The third-order valence-electron chi connectivity index (χ3n) is 5.18. The molecule has 2 aliphatic rings. The minimum absolute atomic E-state index is 0.492. The van der Waals surface area contributed by atoms with Crippen LogP contribution in [0.1, 0.15) is 49.9 Å². The molecular formula is C16H23N3O. The molecule has 0 amide bonds. The van der Waals surface area contributed by atoms with Gasteiger partial charge in [-0.1, -0.05) is 6.42 Å². The van der Waals surface area contributed by atoms with Crippen molar-refractivity contribution >= 4 is 0 Å². The first-order chi connectivity index (χ1) is 9.66. The van der Waals surface area contributed by atoms with Crippen LogP contribution in [0.4, 0.5) is 0 Å². The van der Waals surface area contributed by atoms with E-state index in [2.05, 4.69) is 11.2 Å². The summed E-state index contributed by atoms with van der Waals surface area (Å²) in [6.07, 6.45) is 7.36. The van der Waals surface area contributed by atoms with E-state index < -0.39 is 0 Å². The van der Waals surface area contributed by atoms with Crippen molar-refractivity contribution in [2.75, 3.05) is 6.61 Å². The molecule has 0 spiro atoms. The zero-order valence-electron chi connectivity index (χ0n) is 12.5. The molecule has 0 N–H and O–H groups in total. The van der Waals surface area contributed by atoms with Crippen LogP contribution < -0.4 is 4.74 Å². The quantitative estimate of drug-likeness (QED) is 0.798. The van der Waals surface area contributed by atoms with E-state index in [0.29, 0.717) is 18.4 Å². The smallest absolute Gasteiger partial charge is 0.162 e. The summed E-state index contributed by atoms with van der Waals surface area (Å²) in [5.74, 6) is 1.92. The van der Waals surface area contributed by atoms with Crippen LogP contribution in [0.25, 0.3) is 0 Å². The predicted molar refractivity (Wildman–Crippen MR) is 76.4 cm³/mol. The molecule has 4 nitrogen and oxygen atoms in total. The number of hydrogen-bond donors (Lipinski definition) is 0. The van der Waals surface area contributed by atoms with Gasteiger partial charge >= 0.3 is 0 Å². The van der Waals surface area contributed by atoms with E-state index in [9.17, 15) is 0 Å². The first-order valence-electron chi connectivity index (χ1n) is 7.70. The van der Waals surface area contributed by atoms with E-state index in [0.717, 1.165) is 29.7 Å². The van der Waals surface area contributed by atoms with Crippen molar-refractivity contribution in [3.63, 3.8) is 0 Å². The average Bonchev–Trinajstić information content (AvgIpc) is 2.86. The molecule has 0 aliphatic heterocycles. The van der Waals surface area contributed by atoms with Crippen molar-refractivity contribution in [3.05, 3.63) is 11.4 Å². The molecule has 2 saturated carbocycles. The summed E-state index contributed by atoms with van der Waals surface area (Å²) in [6, 6.07) is 2.16. The normalized spacial score (nSPS) is 27.1. The standard InChI is InChI=1S/C16H23N3O/c1-12-15(13(2)19(18-12)9-4-8-17)20-10-7-16-6-3-5-14(16)11-16/h14H,3-7,9-11H2,1-2H3/t14-,16-/m1/s1. The van der Waals surface area contributed by atoms with Crippen LogP contribution in [0.5, 0.6) is 5.75 Å². The molecule has 1 aromatic heterocycles. The third-order valence-corrected chi connectivity index (χ3v) is 5.18. The Bertz CT molecular complexity index is 543. The number of nitriles is 1. The Kier molecular flexibility index (Phi) is 3.45. The first-order valence-corrected chi connectivity index (χ1v) is 7.70. The number of ether oxygens (including phenoxy) is 1. The molecule has 0 radical (unpaired) electrons. The molecule has 3 rings (SSSR count). The van der Waals surface area contributed by atoms with E-state index >= 15 is 0 Å². The number of aryl methyl sites for hydroxylation is 2. The van der Waals surface area contributed by atoms with Gasteiger partial charge in [-0.05, 0) is 50.9 Å². The Morgan fingerprint density at radius 3 is 3.00 bits per heavy atom. The second-order valence-electron chi connectivity index (χ2n) is 6.39. The lowest BCUT2D eigenvalue weighted by Gasteiger charge is -2.13. The maximum absolute atomic E-state index is 8.67. The van der Waals surface area contributed by atoms with Crippen LogP contribution in [0, 0.1) is 36.5 Å². The maximum atomic E-state index is 8.67. The lowest BCUT2D eigenvalue weighted by molar-refractivity contribution is 0.261. The van der Waals surface area contributed by atoms with Crippen molar-refractivity contribution in [1.29, 1.82) is 5.26 Å². The number of hydrogen-bond acceptors (Lipinski definition) is 3. The van der Waals surface area contributed by atoms with E-state index in [1.807, 2.05) is 18.5 Å². The first kappa shape index (κ1) is 13.5. The highest BCUT2D eigenvalue weighted by Gasteiger charge is 2.55. The summed E-state index contributed by atoms with van der Waals surface area (Å²) in [5.41, 5.74) is 2.63. The van der Waals surface area contributed by atoms with Crippen LogP contribution in [-0.4, -0.2) is 16.4 Å². The summed E-state index contributed by atoms with van der Waals surface area (Å²) < 4.78 is 7.91. The SMILES string of the molecule is Cc1nn(CCC#N)c(C)c1OCC[C@@]12CCC[C@@H]1C2.